The second kappa shape index (κ2) is 5.90. The summed E-state index contributed by atoms with van der Waals surface area (Å²) in [4.78, 5) is 11.6. The number of para-hydroxylation sites is 1. The van der Waals surface area contributed by atoms with Crippen LogP contribution in [-0.4, -0.2) is 11.3 Å². The second-order valence-electron chi connectivity index (χ2n) is 3.76. The first-order chi connectivity index (χ1) is 7.60. The molecule has 88 valence electrons. The molecule has 0 saturated heterocycles. The van der Waals surface area contributed by atoms with E-state index in [1.807, 2.05) is 18.2 Å². The molecule has 0 heterocycles. The van der Waals surface area contributed by atoms with Gasteiger partial charge in [0.2, 0.25) is 5.91 Å². The van der Waals surface area contributed by atoms with Crippen LogP contribution in [0, 0.1) is 0 Å². The molecule has 2 nitrogen and oxygen atoms in total. The number of rotatable bonds is 4. The van der Waals surface area contributed by atoms with Crippen LogP contribution in [0.2, 0.25) is 0 Å². The Morgan fingerprint density at radius 2 is 1.81 bits per heavy atom. The lowest BCUT2D eigenvalue weighted by Crippen LogP contribution is -2.22. The van der Waals surface area contributed by atoms with Crippen LogP contribution in [0.4, 0.5) is 5.69 Å². The molecule has 0 aliphatic rings. The van der Waals surface area contributed by atoms with Crippen LogP contribution in [0.5, 0.6) is 0 Å². The van der Waals surface area contributed by atoms with Gasteiger partial charge in [-0.25, -0.2) is 0 Å². The molecule has 1 rings (SSSR count). The molecule has 0 aliphatic carbocycles. The predicted octanol–water partition coefficient (Wildman–Crippen LogP) is 3.38. The second-order valence-corrected chi connectivity index (χ2v) is 4.42. The van der Waals surface area contributed by atoms with Gasteiger partial charge < -0.3 is 5.32 Å². The Hall–Kier alpha value is -1.02. The maximum absolute atomic E-state index is 11.6. The summed E-state index contributed by atoms with van der Waals surface area (Å²) in [6, 6.07) is 6.10. The van der Waals surface area contributed by atoms with E-state index in [0.29, 0.717) is 0 Å². The third-order valence-corrected chi connectivity index (χ3v) is 2.81. The molecule has 1 N–H and O–H groups in total. The molecule has 0 bridgehead atoms. The van der Waals surface area contributed by atoms with Crippen molar-refractivity contribution >= 4 is 23.2 Å². The van der Waals surface area contributed by atoms with Gasteiger partial charge in [-0.1, -0.05) is 32.0 Å². The first-order valence-electron chi connectivity index (χ1n) is 5.65. The zero-order chi connectivity index (χ0) is 12.1. The molecule has 0 spiro atoms. The maximum Gasteiger partial charge on any atom is 0.242 e. The number of carbonyl (C=O) groups excluding carboxylic acids is 1. The van der Waals surface area contributed by atoms with E-state index in [9.17, 15) is 4.79 Å². The lowest BCUT2D eigenvalue weighted by molar-refractivity contribution is -0.115. The van der Waals surface area contributed by atoms with E-state index < -0.39 is 5.38 Å². The summed E-state index contributed by atoms with van der Waals surface area (Å²) in [6.07, 6.45) is 1.81. The van der Waals surface area contributed by atoms with E-state index in [2.05, 4.69) is 19.2 Å². The molecule has 0 fully saturated rings. The molecule has 1 aromatic rings. The molecule has 0 unspecified atom stereocenters. The molecule has 0 radical (unpaired) electrons. The molecule has 1 aromatic carbocycles. The smallest absolute Gasteiger partial charge is 0.242 e. The number of nitrogens with one attached hydrogen (secondary N) is 1. The minimum atomic E-state index is -0.505. The number of carbonyl (C=O) groups is 1. The summed E-state index contributed by atoms with van der Waals surface area (Å²) in [5, 5.41) is 2.40. The van der Waals surface area contributed by atoms with Gasteiger partial charge in [-0.15, -0.1) is 11.6 Å². The van der Waals surface area contributed by atoms with Gasteiger partial charge in [0.15, 0.2) is 0 Å². The van der Waals surface area contributed by atoms with Crippen molar-refractivity contribution in [3.8, 4) is 0 Å². The van der Waals surface area contributed by atoms with Crippen molar-refractivity contribution < 1.29 is 4.79 Å². The maximum atomic E-state index is 11.6. The summed E-state index contributed by atoms with van der Waals surface area (Å²) < 4.78 is 0. The highest BCUT2D eigenvalue weighted by molar-refractivity contribution is 6.32. The molecule has 3 heteroatoms. The third-order valence-electron chi connectivity index (χ3n) is 2.61. The zero-order valence-corrected chi connectivity index (χ0v) is 10.8. The number of hydrogen-bond donors (Lipinski definition) is 1. The number of benzene rings is 1. The largest absolute Gasteiger partial charge is 0.324 e. The van der Waals surface area contributed by atoms with Crippen LogP contribution >= 0.6 is 11.6 Å². The van der Waals surface area contributed by atoms with Crippen molar-refractivity contribution in [1.29, 1.82) is 0 Å². The minimum absolute atomic E-state index is 0.141. The van der Waals surface area contributed by atoms with E-state index in [0.717, 1.165) is 29.7 Å². The fourth-order valence-corrected chi connectivity index (χ4v) is 1.68. The topological polar surface area (TPSA) is 29.1 Å². The lowest BCUT2D eigenvalue weighted by atomic mass is 10.0. The highest BCUT2D eigenvalue weighted by atomic mass is 35.5. The SMILES string of the molecule is CCc1cccc(CC)c1NC(=O)[C@@H](C)Cl. The summed E-state index contributed by atoms with van der Waals surface area (Å²) >= 11 is 5.76. The summed E-state index contributed by atoms with van der Waals surface area (Å²) in [5.74, 6) is -0.141. The van der Waals surface area contributed by atoms with E-state index >= 15 is 0 Å². The third kappa shape index (κ3) is 2.99. The van der Waals surface area contributed by atoms with Crippen LogP contribution < -0.4 is 5.32 Å². The molecule has 0 aromatic heterocycles. The molecule has 16 heavy (non-hydrogen) atoms. The molecular formula is C13H18ClNO. The van der Waals surface area contributed by atoms with Gasteiger partial charge in [0.05, 0.1) is 0 Å². The number of hydrogen-bond acceptors (Lipinski definition) is 1. The van der Waals surface area contributed by atoms with Crippen LogP contribution in [0.3, 0.4) is 0 Å². The first-order valence-corrected chi connectivity index (χ1v) is 6.09. The molecule has 1 amide bonds. The van der Waals surface area contributed by atoms with Gasteiger partial charge in [0, 0.05) is 5.69 Å². The van der Waals surface area contributed by atoms with Gasteiger partial charge >= 0.3 is 0 Å². The summed E-state index contributed by atoms with van der Waals surface area (Å²) in [5.41, 5.74) is 3.25. The number of alkyl halides is 1. The van der Waals surface area contributed by atoms with E-state index in [1.165, 1.54) is 0 Å². The van der Waals surface area contributed by atoms with Crippen molar-refractivity contribution in [2.45, 2.75) is 39.0 Å². The van der Waals surface area contributed by atoms with Gasteiger partial charge in [0.25, 0.3) is 0 Å². The average Bonchev–Trinajstić information content (AvgIpc) is 2.29. The van der Waals surface area contributed by atoms with Crippen LogP contribution in [0.25, 0.3) is 0 Å². The minimum Gasteiger partial charge on any atom is -0.324 e. The zero-order valence-electron chi connectivity index (χ0n) is 10.0. The van der Waals surface area contributed by atoms with Gasteiger partial charge in [-0.2, -0.15) is 0 Å². The molecule has 1 atom stereocenters. The van der Waals surface area contributed by atoms with Crippen LogP contribution in [0.15, 0.2) is 18.2 Å². The normalized spacial score (nSPS) is 12.2. The number of halogens is 1. The lowest BCUT2D eigenvalue weighted by Gasteiger charge is -2.15. The van der Waals surface area contributed by atoms with Crippen molar-refractivity contribution in [3.05, 3.63) is 29.3 Å². The standard InChI is InChI=1S/C13H18ClNO/c1-4-10-7-6-8-11(5-2)12(10)15-13(16)9(3)14/h6-9H,4-5H2,1-3H3,(H,15,16)/t9-/m1/s1. The van der Waals surface area contributed by atoms with E-state index in [4.69, 9.17) is 11.6 Å². The Bertz CT molecular complexity index is 352. The molecule has 0 saturated carbocycles. The Balaban J connectivity index is 3.04. The summed E-state index contributed by atoms with van der Waals surface area (Å²) in [7, 11) is 0. The quantitative estimate of drug-likeness (QED) is 0.802. The highest BCUT2D eigenvalue weighted by Crippen LogP contribution is 2.23. The van der Waals surface area contributed by atoms with Crippen molar-refractivity contribution in [2.75, 3.05) is 5.32 Å². The monoisotopic (exact) mass is 239 g/mol. The van der Waals surface area contributed by atoms with Gasteiger partial charge in [-0.05, 0) is 30.9 Å². The Morgan fingerprint density at radius 3 is 2.19 bits per heavy atom. The van der Waals surface area contributed by atoms with Gasteiger partial charge in [0.1, 0.15) is 5.38 Å². The van der Waals surface area contributed by atoms with Crippen molar-refractivity contribution in [2.24, 2.45) is 0 Å². The van der Waals surface area contributed by atoms with Crippen LogP contribution in [-0.2, 0) is 17.6 Å². The Kier molecular flexibility index (Phi) is 4.81. The predicted molar refractivity (Wildman–Crippen MR) is 69.1 cm³/mol. The van der Waals surface area contributed by atoms with E-state index in [1.54, 1.807) is 6.92 Å². The molecular weight excluding hydrogens is 222 g/mol. The first kappa shape index (κ1) is 13.0. The average molecular weight is 240 g/mol. The fraction of sp³-hybridized carbons (Fsp3) is 0.462. The van der Waals surface area contributed by atoms with E-state index in [-0.39, 0.29) is 5.91 Å². The Labute approximate surface area is 102 Å². The van der Waals surface area contributed by atoms with Crippen molar-refractivity contribution in [1.82, 2.24) is 0 Å². The summed E-state index contributed by atoms with van der Waals surface area (Å²) in [6.45, 7) is 5.83. The van der Waals surface area contributed by atoms with Gasteiger partial charge in [-0.3, -0.25) is 4.79 Å². The highest BCUT2D eigenvalue weighted by Gasteiger charge is 2.13. The Morgan fingerprint density at radius 1 is 1.31 bits per heavy atom. The number of aryl methyl sites for hydroxylation is 2. The van der Waals surface area contributed by atoms with Crippen LogP contribution in [0.1, 0.15) is 31.9 Å². The number of amides is 1. The molecule has 0 aliphatic heterocycles. The van der Waals surface area contributed by atoms with Crippen molar-refractivity contribution in [3.63, 3.8) is 0 Å². The fourth-order valence-electron chi connectivity index (χ4n) is 1.63. The number of anilines is 1.